The second kappa shape index (κ2) is 8.42. The first kappa shape index (κ1) is 20.1. The Bertz CT molecular complexity index is 878. The smallest absolute Gasteiger partial charge is 0.244 e. The molecule has 0 unspecified atom stereocenters. The minimum atomic E-state index is -3.72. The molecule has 0 atom stereocenters. The molecule has 0 spiro atoms. The lowest BCUT2D eigenvalue weighted by Crippen LogP contribution is -2.28. The topological polar surface area (TPSA) is 73.9 Å². The van der Waals surface area contributed by atoms with Crippen LogP contribution in [0.15, 0.2) is 35.2 Å². The van der Waals surface area contributed by atoms with Gasteiger partial charge in [0.15, 0.2) is 0 Å². The van der Waals surface area contributed by atoms with Crippen molar-refractivity contribution in [3.8, 4) is 17.2 Å². The lowest BCUT2D eigenvalue weighted by molar-refractivity contribution is 0.320. The number of nitrogens with one attached hydrogen (secondary N) is 1. The standard InChI is InChI=1S/C19H25NO5S/c1-13-10-15(3)17(11-14(13)2)25-9-8-20-26(21,22)19-7-6-16(23-4)12-18(19)24-5/h6-7,10-12,20H,8-9H2,1-5H3. The van der Waals surface area contributed by atoms with Crippen LogP contribution >= 0.6 is 0 Å². The van der Waals surface area contributed by atoms with E-state index in [9.17, 15) is 8.42 Å². The predicted molar refractivity (Wildman–Crippen MR) is 101 cm³/mol. The molecule has 2 aromatic carbocycles. The molecular formula is C19H25NO5S. The summed E-state index contributed by atoms with van der Waals surface area (Å²) in [5, 5.41) is 0. The summed E-state index contributed by atoms with van der Waals surface area (Å²) in [7, 11) is -0.795. The summed E-state index contributed by atoms with van der Waals surface area (Å²) in [6, 6.07) is 8.58. The molecule has 2 rings (SSSR count). The zero-order valence-electron chi connectivity index (χ0n) is 15.8. The van der Waals surface area contributed by atoms with Gasteiger partial charge < -0.3 is 14.2 Å². The van der Waals surface area contributed by atoms with Crippen molar-refractivity contribution in [2.75, 3.05) is 27.4 Å². The first-order chi connectivity index (χ1) is 12.3. The second-order valence-corrected chi connectivity index (χ2v) is 7.70. The van der Waals surface area contributed by atoms with Crippen molar-refractivity contribution >= 4 is 10.0 Å². The van der Waals surface area contributed by atoms with Gasteiger partial charge in [0.25, 0.3) is 0 Å². The van der Waals surface area contributed by atoms with Crippen LogP contribution in [0.2, 0.25) is 0 Å². The van der Waals surface area contributed by atoms with Crippen LogP contribution in [-0.2, 0) is 10.0 Å². The van der Waals surface area contributed by atoms with Gasteiger partial charge in [0, 0.05) is 12.6 Å². The number of ether oxygens (including phenoxy) is 3. The third kappa shape index (κ3) is 4.68. The molecule has 0 saturated carbocycles. The monoisotopic (exact) mass is 379 g/mol. The van der Waals surface area contributed by atoms with E-state index < -0.39 is 10.0 Å². The molecule has 142 valence electrons. The van der Waals surface area contributed by atoms with Crippen LogP contribution in [0.25, 0.3) is 0 Å². The average Bonchev–Trinajstić information content (AvgIpc) is 2.62. The maximum atomic E-state index is 12.5. The molecule has 0 aliphatic carbocycles. The molecule has 0 saturated heterocycles. The number of hydrogen-bond donors (Lipinski definition) is 1. The molecule has 0 amide bonds. The van der Waals surface area contributed by atoms with Crippen molar-refractivity contribution < 1.29 is 22.6 Å². The summed E-state index contributed by atoms with van der Waals surface area (Å²) in [4.78, 5) is 0.0585. The van der Waals surface area contributed by atoms with E-state index >= 15 is 0 Å². The van der Waals surface area contributed by atoms with Crippen molar-refractivity contribution in [1.82, 2.24) is 4.72 Å². The van der Waals surface area contributed by atoms with E-state index in [4.69, 9.17) is 14.2 Å². The van der Waals surface area contributed by atoms with E-state index in [0.29, 0.717) is 5.75 Å². The summed E-state index contributed by atoms with van der Waals surface area (Å²) >= 11 is 0. The van der Waals surface area contributed by atoms with Gasteiger partial charge in [-0.05, 0) is 55.7 Å². The third-order valence-corrected chi connectivity index (χ3v) is 5.60. The molecule has 7 heteroatoms. The highest BCUT2D eigenvalue weighted by Gasteiger charge is 2.19. The molecular weight excluding hydrogens is 354 g/mol. The van der Waals surface area contributed by atoms with Crippen LogP contribution in [-0.4, -0.2) is 35.8 Å². The van der Waals surface area contributed by atoms with Gasteiger partial charge in [-0.15, -0.1) is 0 Å². The number of rotatable bonds is 8. The Labute approximate surface area is 155 Å². The fourth-order valence-electron chi connectivity index (χ4n) is 2.50. The van der Waals surface area contributed by atoms with Crippen molar-refractivity contribution in [3.63, 3.8) is 0 Å². The van der Waals surface area contributed by atoms with Gasteiger partial charge in [-0.25, -0.2) is 13.1 Å². The molecule has 1 N–H and O–H groups in total. The maximum absolute atomic E-state index is 12.5. The maximum Gasteiger partial charge on any atom is 0.244 e. The summed E-state index contributed by atoms with van der Waals surface area (Å²) in [6.45, 7) is 6.39. The zero-order chi connectivity index (χ0) is 19.3. The lowest BCUT2D eigenvalue weighted by Gasteiger charge is -2.14. The van der Waals surface area contributed by atoms with Crippen LogP contribution in [0.1, 0.15) is 16.7 Å². The molecule has 0 heterocycles. The first-order valence-corrected chi connectivity index (χ1v) is 9.69. The third-order valence-electron chi connectivity index (χ3n) is 4.10. The average molecular weight is 379 g/mol. The minimum Gasteiger partial charge on any atom is -0.497 e. The summed E-state index contributed by atoms with van der Waals surface area (Å²) in [5.74, 6) is 1.51. The van der Waals surface area contributed by atoms with Gasteiger partial charge in [-0.3, -0.25) is 0 Å². The van der Waals surface area contributed by atoms with E-state index in [0.717, 1.165) is 16.9 Å². The van der Waals surface area contributed by atoms with Crippen LogP contribution in [0.4, 0.5) is 0 Å². The molecule has 0 aromatic heterocycles. The van der Waals surface area contributed by atoms with Gasteiger partial charge in [0.05, 0.1) is 14.2 Å². The molecule has 2 aromatic rings. The Hall–Kier alpha value is -2.25. The van der Waals surface area contributed by atoms with E-state index in [1.807, 2.05) is 26.8 Å². The molecule has 0 bridgehead atoms. The highest BCUT2D eigenvalue weighted by atomic mass is 32.2. The van der Waals surface area contributed by atoms with Gasteiger partial charge in [0.1, 0.15) is 28.8 Å². The predicted octanol–water partition coefficient (Wildman–Crippen LogP) is 2.99. The minimum absolute atomic E-state index is 0.0585. The Kier molecular flexibility index (Phi) is 6.50. The Balaban J connectivity index is 2.02. The van der Waals surface area contributed by atoms with Gasteiger partial charge in [0.2, 0.25) is 10.0 Å². The molecule has 0 radical (unpaired) electrons. The number of methoxy groups -OCH3 is 2. The Morgan fingerprint density at radius 2 is 1.58 bits per heavy atom. The highest BCUT2D eigenvalue weighted by molar-refractivity contribution is 7.89. The molecule has 0 aliphatic heterocycles. The normalized spacial score (nSPS) is 11.3. The van der Waals surface area contributed by atoms with Crippen molar-refractivity contribution in [2.45, 2.75) is 25.7 Å². The summed E-state index contributed by atoms with van der Waals surface area (Å²) < 4.78 is 43.5. The van der Waals surface area contributed by atoms with Crippen molar-refractivity contribution in [2.24, 2.45) is 0 Å². The zero-order valence-corrected chi connectivity index (χ0v) is 16.6. The largest absolute Gasteiger partial charge is 0.497 e. The van der Waals surface area contributed by atoms with E-state index in [1.54, 1.807) is 6.07 Å². The molecule has 6 nitrogen and oxygen atoms in total. The first-order valence-electron chi connectivity index (χ1n) is 8.21. The molecule has 0 aliphatic rings. The van der Waals surface area contributed by atoms with Crippen molar-refractivity contribution in [1.29, 1.82) is 0 Å². The van der Waals surface area contributed by atoms with Crippen LogP contribution in [0.5, 0.6) is 17.2 Å². The quantitative estimate of drug-likeness (QED) is 0.714. The van der Waals surface area contributed by atoms with E-state index in [2.05, 4.69) is 10.8 Å². The van der Waals surface area contributed by atoms with Crippen molar-refractivity contribution in [3.05, 3.63) is 47.0 Å². The highest BCUT2D eigenvalue weighted by Crippen LogP contribution is 2.28. The SMILES string of the molecule is COc1ccc(S(=O)(=O)NCCOc2cc(C)c(C)cc2C)c(OC)c1. The van der Waals surface area contributed by atoms with Crippen LogP contribution < -0.4 is 18.9 Å². The Morgan fingerprint density at radius 1 is 0.885 bits per heavy atom. The van der Waals surface area contributed by atoms with Gasteiger partial charge in [-0.1, -0.05) is 6.07 Å². The number of sulfonamides is 1. The van der Waals surface area contributed by atoms with Gasteiger partial charge >= 0.3 is 0 Å². The van der Waals surface area contributed by atoms with E-state index in [1.165, 1.54) is 31.9 Å². The summed E-state index contributed by atoms with van der Waals surface area (Å²) in [5.41, 5.74) is 3.35. The fourth-order valence-corrected chi connectivity index (χ4v) is 3.66. The van der Waals surface area contributed by atoms with Crippen LogP contribution in [0.3, 0.4) is 0 Å². The van der Waals surface area contributed by atoms with Crippen LogP contribution in [0, 0.1) is 20.8 Å². The van der Waals surface area contributed by atoms with Gasteiger partial charge in [-0.2, -0.15) is 0 Å². The Morgan fingerprint density at radius 3 is 2.23 bits per heavy atom. The molecule has 0 fully saturated rings. The fraction of sp³-hybridized carbons (Fsp3) is 0.368. The number of aryl methyl sites for hydroxylation is 3. The number of benzene rings is 2. The van der Waals surface area contributed by atoms with E-state index in [-0.39, 0.29) is 23.8 Å². The molecule has 26 heavy (non-hydrogen) atoms. The number of hydrogen-bond acceptors (Lipinski definition) is 5. The summed E-state index contributed by atoms with van der Waals surface area (Å²) in [6.07, 6.45) is 0. The lowest BCUT2D eigenvalue weighted by atomic mass is 10.1. The second-order valence-electron chi connectivity index (χ2n) is 5.96.